The molecular formula is C17H27ClN2. The summed E-state index contributed by atoms with van der Waals surface area (Å²) >= 11 is 6.25. The van der Waals surface area contributed by atoms with Gasteiger partial charge in [-0.2, -0.15) is 0 Å². The summed E-state index contributed by atoms with van der Waals surface area (Å²) in [4.78, 5) is 2.42. The molecule has 1 saturated carbocycles. The minimum Gasteiger partial charge on any atom is -0.314 e. The van der Waals surface area contributed by atoms with Crippen LogP contribution in [0.2, 0.25) is 5.02 Å². The lowest BCUT2D eigenvalue weighted by Gasteiger charge is -2.35. The van der Waals surface area contributed by atoms with Crippen molar-refractivity contribution in [1.82, 2.24) is 10.2 Å². The summed E-state index contributed by atoms with van der Waals surface area (Å²) < 4.78 is 0. The summed E-state index contributed by atoms with van der Waals surface area (Å²) in [6.07, 6.45) is 5.44. The molecule has 2 unspecified atom stereocenters. The Morgan fingerprint density at radius 1 is 1.25 bits per heavy atom. The van der Waals surface area contributed by atoms with E-state index in [1.54, 1.807) is 0 Å². The average molecular weight is 295 g/mol. The Morgan fingerprint density at radius 3 is 2.75 bits per heavy atom. The number of rotatable bonds is 6. The van der Waals surface area contributed by atoms with Crippen molar-refractivity contribution in [2.24, 2.45) is 5.92 Å². The summed E-state index contributed by atoms with van der Waals surface area (Å²) in [6, 6.07) is 8.86. The molecular weight excluding hydrogens is 268 g/mol. The molecule has 0 saturated heterocycles. The third-order valence-electron chi connectivity index (χ3n) is 4.32. The Labute approximate surface area is 128 Å². The lowest BCUT2D eigenvalue weighted by atomic mass is 9.84. The van der Waals surface area contributed by atoms with Crippen molar-refractivity contribution in [2.45, 2.75) is 45.2 Å². The first-order valence-corrected chi connectivity index (χ1v) is 8.23. The van der Waals surface area contributed by atoms with Crippen LogP contribution in [0.3, 0.4) is 0 Å². The van der Waals surface area contributed by atoms with Crippen LogP contribution in [0.15, 0.2) is 24.3 Å². The second-order valence-corrected chi connectivity index (χ2v) is 6.40. The van der Waals surface area contributed by atoms with E-state index in [2.05, 4.69) is 36.3 Å². The van der Waals surface area contributed by atoms with Crippen LogP contribution in [0.5, 0.6) is 0 Å². The maximum Gasteiger partial charge on any atom is 0.0451 e. The van der Waals surface area contributed by atoms with Gasteiger partial charge in [-0.1, -0.05) is 49.6 Å². The topological polar surface area (TPSA) is 15.3 Å². The number of halogens is 1. The molecule has 2 rings (SSSR count). The van der Waals surface area contributed by atoms with Gasteiger partial charge in [0.1, 0.15) is 0 Å². The zero-order valence-corrected chi connectivity index (χ0v) is 13.5. The van der Waals surface area contributed by atoms with E-state index >= 15 is 0 Å². The van der Waals surface area contributed by atoms with Crippen molar-refractivity contribution >= 4 is 11.6 Å². The molecule has 0 amide bonds. The average Bonchev–Trinajstić information content (AvgIpc) is 2.44. The molecule has 0 radical (unpaired) electrons. The van der Waals surface area contributed by atoms with Crippen molar-refractivity contribution < 1.29 is 0 Å². The molecule has 0 spiro atoms. The fourth-order valence-corrected chi connectivity index (χ4v) is 3.53. The second-order valence-electron chi connectivity index (χ2n) is 6.00. The van der Waals surface area contributed by atoms with E-state index in [-0.39, 0.29) is 0 Å². The predicted molar refractivity (Wildman–Crippen MR) is 87.2 cm³/mol. The van der Waals surface area contributed by atoms with Gasteiger partial charge in [0, 0.05) is 24.2 Å². The SMILES string of the molecule is CCNC1CCCCC1CN(C)Cc1ccccc1Cl. The zero-order valence-electron chi connectivity index (χ0n) is 12.7. The highest BCUT2D eigenvalue weighted by atomic mass is 35.5. The molecule has 20 heavy (non-hydrogen) atoms. The van der Waals surface area contributed by atoms with Gasteiger partial charge in [0.15, 0.2) is 0 Å². The van der Waals surface area contributed by atoms with E-state index in [0.29, 0.717) is 6.04 Å². The third kappa shape index (κ3) is 4.47. The first-order chi connectivity index (χ1) is 9.70. The molecule has 2 atom stereocenters. The van der Waals surface area contributed by atoms with Crippen LogP contribution in [0.25, 0.3) is 0 Å². The van der Waals surface area contributed by atoms with Crippen LogP contribution < -0.4 is 5.32 Å². The molecule has 1 fully saturated rings. The van der Waals surface area contributed by atoms with E-state index < -0.39 is 0 Å². The quantitative estimate of drug-likeness (QED) is 0.855. The Kier molecular flexibility index (Phi) is 6.34. The highest BCUT2D eigenvalue weighted by molar-refractivity contribution is 6.31. The van der Waals surface area contributed by atoms with E-state index in [1.165, 1.54) is 31.2 Å². The van der Waals surface area contributed by atoms with Crippen LogP contribution in [0.4, 0.5) is 0 Å². The summed E-state index contributed by atoms with van der Waals surface area (Å²) in [5, 5.41) is 4.54. The van der Waals surface area contributed by atoms with Gasteiger partial charge in [-0.3, -0.25) is 0 Å². The smallest absolute Gasteiger partial charge is 0.0451 e. The summed E-state index contributed by atoms with van der Waals surface area (Å²) in [7, 11) is 2.21. The molecule has 0 heterocycles. The third-order valence-corrected chi connectivity index (χ3v) is 4.69. The van der Waals surface area contributed by atoms with Crippen LogP contribution in [-0.4, -0.2) is 31.1 Å². The number of hydrogen-bond donors (Lipinski definition) is 1. The molecule has 1 aliphatic carbocycles. The van der Waals surface area contributed by atoms with Crippen LogP contribution >= 0.6 is 11.6 Å². The van der Waals surface area contributed by atoms with Gasteiger partial charge in [-0.15, -0.1) is 0 Å². The van der Waals surface area contributed by atoms with Crippen LogP contribution in [-0.2, 0) is 6.54 Å². The van der Waals surface area contributed by atoms with E-state index in [4.69, 9.17) is 11.6 Å². The monoisotopic (exact) mass is 294 g/mol. The van der Waals surface area contributed by atoms with Gasteiger partial charge in [-0.25, -0.2) is 0 Å². The minimum absolute atomic E-state index is 0.697. The maximum absolute atomic E-state index is 6.25. The minimum atomic E-state index is 0.697. The molecule has 0 aliphatic heterocycles. The lowest BCUT2D eigenvalue weighted by molar-refractivity contribution is 0.186. The Bertz CT molecular complexity index is 406. The van der Waals surface area contributed by atoms with Gasteiger partial charge >= 0.3 is 0 Å². The van der Waals surface area contributed by atoms with Gasteiger partial charge in [-0.05, 0) is 44.0 Å². The van der Waals surface area contributed by atoms with Crippen LogP contribution in [0.1, 0.15) is 38.2 Å². The fraction of sp³-hybridized carbons (Fsp3) is 0.647. The van der Waals surface area contributed by atoms with Crippen molar-refractivity contribution in [1.29, 1.82) is 0 Å². The van der Waals surface area contributed by atoms with Gasteiger partial charge in [0.05, 0.1) is 0 Å². The summed E-state index contributed by atoms with van der Waals surface area (Å²) in [6.45, 7) is 5.38. The van der Waals surface area contributed by atoms with E-state index in [0.717, 1.165) is 30.6 Å². The highest BCUT2D eigenvalue weighted by Gasteiger charge is 2.25. The van der Waals surface area contributed by atoms with Crippen molar-refractivity contribution in [2.75, 3.05) is 20.1 Å². The largest absolute Gasteiger partial charge is 0.314 e. The van der Waals surface area contributed by atoms with E-state index in [9.17, 15) is 0 Å². The first kappa shape index (κ1) is 15.8. The standard InChI is InChI=1S/C17H27ClN2/c1-3-19-17-11-7-5-9-15(17)13-20(2)12-14-8-4-6-10-16(14)18/h4,6,8,10,15,17,19H,3,5,7,9,11-13H2,1-2H3. The number of nitrogens with zero attached hydrogens (tertiary/aromatic N) is 1. The normalized spacial score (nSPS) is 23.2. The van der Waals surface area contributed by atoms with Gasteiger partial charge in [0.25, 0.3) is 0 Å². The van der Waals surface area contributed by atoms with Crippen molar-refractivity contribution in [3.63, 3.8) is 0 Å². The Hall–Kier alpha value is -0.570. The predicted octanol–water partition coefficient (Wildman–Crippen LogP) is 3.94. The van der Waals surface area contributed by atoms with Gasteiger partial charge in [0.2, 0.25) is 0 Å². The molecule has 3 heteroatoms. The molecule has 1 N–H and O–H groups in total. The molecule has 2 nitrogen and oxygen atoms in total. The summed E-state index contributed by atoms with van der Waals surface area (Å²) in [5.41, 5.74) is 1.23. The van der Waals surface area contributed by atoms with Crippen LogP contribution in [0, 0.1) is 5.92 Å². The maximum atomic E-state index is 6.25. The van der Waals surface area contributed by atoms with E-state index in [1.807, 2.05) is 12.1 Å². The molecule has 0 aromatic heterocycles. The second kappa shape index (κ2) is 8.02. The summed E-state index contributed by atoms with van der Waals surface area (Å²) in [5.74, 6) is 0.774. The Morgan fingerprint density at radius 2 is 2.00 bits per heavy atom. The number of nitrogens with one attached hydrogen (secondary N) is 1. The molecule has 1 aliphatic rings. The Balaban J connectivity index is 1.89. The zero-order chi connectivity index (χ0) is 14.4. The molecule has 0 bridgehead atoms. The number of hydrogen-bond acceptors (Lipinski definition) is 2. The molecule has 1 aromatic rings. The first-order valence-electron chi connectivity index (χ1n) is 7.86. The van der Waals surface area contributed by atoms with Gasteiger partial charge < -0.3 is 10.2 Å². The lowest BCUT2D eigenvalue weighted by Crippen LogP contribution is -2.43. The fourth-order valence-electron chi connectivity index (χ4n) is 3.34. The molecule has 1 aromatic carbocycles. The highest BCUT2D eigenvalue weighted by Crippen LogP contribution is 2.26. The molecule has 112 valence electrons. The number of benzene rings is 1. The van der Waals surface area contributed by atoms with Crippen molar-refractivity contribution in [3.8, 4) is 0 Å². The van der Waals surface area contributed by atoms with Crippen molar-refractivity contribution in [3.05, 3.63) is 34.9 Å².